The van der Waals surface area contributed by atoms with Crippen molar-refractivity contribution < 1.29 is 0 Å². The molecule has 0 saturated carbocycles. The van der Waals surface area contributed by atoms with E-state index < -0.39 is 0 Å². The lowest BCUT2D eigenvalue weighted by Gasteiger charge is -2.23. The Hall–Kier alpha value is -4.68. The van der Waals surface area contributed by atoms with Crippen LogP contribution in [-0.2, 0) is 32.1 Å². The monoisotopic (exact) mass is 582 g/mol. The van der Waals surface area contributed by atoms with Crippen molar-refractivity contribution in [3.05, 3.63) is 212 Å². The number of fused-ring (bicyclic) bond motifs is 12. The predicted octanol–water partition coefficient (Wildman–Crippen LogP) is 10.7. The van der Waals surface area contributed by atoms with Crippen molar-refractivity contribution in [1.82, 2.24) is 0 Å². The molecule has 0 amide bonds. The molecule has 0 fully saturated rings. The average molecular weight is 583 g/mol. The molecule has 0 spiro atoms. The van der Waals surface area contributed by atoms with Crippen molar-refractivity contribution in [1.29, 1.82) is 0 Å². The topological polar surface area (TPSA) is 0 Å². The molecule has 6 aromatic carbocycles. The van der Waals surface area contributed by atoms with Crippen molar-refractivity contribution in [2.24, 2.45) is 5.92 Å². The molecule has 0 heteroatoms. The highest BCUT2D eigenvalue weighted by Gasteiger charge is 2.19. The van der Waals surface area contributed by atoms with Crippen LogP contribution in [0.3, 0.4) is 0 Å². The minimum Gasteiger partial charge on any atom is -0.0619 e. The third-order valence-corrected chi connectivity index (χ3v) is 9.29. The van der Waals surface area contributed by atoms with Crippen LogP contribution in [0.5, 0.6) is 0 Å². The van der Waals surface area contributed by atoms with Gasteiger partial charge >= 0.3 is 0 Å². The van der Waals surface area contributed by atoms with Gasteiger partial charge < -0.3 is 0 Å². The molecular formula is C45H42. The predicted molar refractivity (Wildman–Crippen MR) is 189 cm³/mol. The van der Waals surface area contributed by atoms with Crippen LogP contribution in [0.15, 0.2) is 146 Å². The van der Waals surface area contributed by atoms with Gasteiger partial charge in [0.05, 0.1) is 0 Å². The van der Waals surface area contributed by atoms with Crippen LogP contribution >= 0.6 is 0 Å². The molecule has 0 unspecified atom stereocenters. The standard InChI is InChI=1S/C45H42/c1-32(2)45-43-19-7-17-41(30-43)28-39-15-5-13-37(26-39)24-35-11-3-9-33(22-35)21-34-10-4-12-36(23-34)25-38-14-6-16-40(27-38)29-42-18-8-20-44(45)31-42/h3-20,22-23,26-27,30-32,45H,21,24-25,28-29H2,1-2H3. The highest BCUT2D eigenvalue weighted by atomic mass is 14.2. The number of rotatable bonds is 1. The van der Waals surface area contributed by atoms with Crippen molar-refractivity contribution in [3.8, 4) is 0 Å². The summed E-state index contributed by atoms with van der Waals surface area (Å²) in [5.74, 6) is 0.847. The smallest absolute Gasteiger partial charge is 0.0113 e. The van der Waals surface area contributed by atoms with Crippen LogP contribution in [0.2, 0.25) is 0 Å². The summed E-state index contributed by atoms with van der Waals surface area (Å²) >= 11 is 0. The normalized spacial score (nSPS) is 13.7. The zero-order valence-corrected chi connectivity index (χ0v) is 26.5. The van der Waals surface area contributed by atoms with E-state index in [4.69, 9.17) is 0 Å². The van der Waals surface area contributed by atoms with Gasteiger partial charge in [-0.15, -0.1) is 0 Å². The Morgan fingerprint density at radius 2 is 0.556 bits per heavy atom. The number of hydrogen-bond donors (Lipinski definition) is 0. The first-order valence-corrected chi connectivity index (χ1v) is 16.5. The Labute approximate surface area is 269 Å². The Balaban J connectivity index is 1.29. The van der Waals surface area contributed by atoms with Crippen molar-refractivity contribution in [3.63, 3.8) is 0 Å². The van der Waals surface area contributed by atoms with Crippen LogP contribution in [0, 0.1) is 5.92 Å². The summed E-state index contributed by atoms with van der Waals surface area (Å²) in [5, 5.41) is 0. The maximum absolute atomic E-state index is 2.45. The third kappa shape index (κ3) is 7.18. The second-order valence-electron chi connectivity index (χ2n) is 13.4. The molecule has 0 atom stereocenters. The van der Waals surface area contributed by atoms with Gasteiger partial charge in [0.1, 0.15) is 0 Å². The minimum absolute atomic E-state index is 0.354. The van der Waals surface area contributed by atoms with E-state index in [2.05, 4.69) is 159 Å². The second kappa shape index (κ2) is 13.1. The first-order valence-electron chi connectivity index (χ1n) is 16.5. The van der Waals surface area contributed by atoms with Crippen molar-refractivity contribution >= 4 is 0 Å². The lowest BCUT2D eigenvalue weighted by atomic mass is 9.81. The Morgan fingerprint density at radius 3 is 0.800 bits per heavy atom. The molecule has 0 saturated heterocycles. The average Bonchev–Trinajstić information content (AvgIpc) is 3.02. The van der Waals surface area contributed by atoms with Gasteiger partial charge in [0.15, 0.2) is 0 Å². The van der Waals surface area contributed by atoms with Gasteiger partial charge in [0, 0.05) is 5.92 Å². The third-order valence-electron chi connectivity index (χ3n) is 9.29. The van der Waals surface area contributed by atoms with Crippen LogP contribution in [0.1, 0.15) is 86.5 Å². The molecule has 0 N–H and O–H groups in total. The molecule has 1 aliphatic rings. The van der Waals surface area contributed by atoms with Crippen LogP contribution in [0.25, 0.3) is 0 Å². The summed E-state index contributed by atoms with van der Waals surface area (Å²) in [6.07, 6.45) is 4.73. The molecule has 0 heterocycles. The van der Waals surface area contributed by atoms with Gasteiger partial charge in [-0.05, 0) is 105 Å². The SMILES string of the molecule is CC(C)C1c2cccc(c2)Cc2cccc(c2)Cc2cccc(c2)Cc2cccc(c2)Cc2cccc(c2)Cc2cccc1c2. The summed E-state index contributed by atoms with van der Waals surface area (Å²) in [6.45, 7) is 4.71. The molecular weight excluding hydrogens is 540 g/mol. The Morgan fingerprint density at radius 1 is 0.333 bits per heavy atom. The summed E-state index contributed by atoms with van der Waals surface area (Å²) in [4.78, 5) is 0. The zero-order chi connectivity index (χ0) is 30.6. The molecule has 1 aliphatic carbocycles. The highest BCUT2D eigenvalue weighted by molar-refractivity contribution is 5.42. The van der Waals surface area contributed by atoms with Gasteiger partial charge in [0.2, 0.25) is 0 Å². The van der Waals surface area contributed by atoms with Gasteiger partial charge in [-0.2, -0.15) is 0 Å². The molecule has 0 radical (unpaired) electrons. The summed E-state index contributed by atoms with van der Waals surface area (Å²) < 4.78 is 0. The van der Waals surface area contributed by atoms with E-state index in [0.717, 1.165) is 32.1 Å². The van der Waals surface area contributed by atoms with E-state index >= 15 is 0 Å². The lowest BCUT2D eigenvalue weighted by molar-refractivity contribution is 0.563. The molecule has 222 valence electrons. The van der Waals surface area contributed by atoms with Gasteiger partial charge in [-0.3, -0.25) is 0 Å². The Kier molecular flexibility index (Phi) is 8.48. The van der Waals surface area contributed by atoms with Gasteiger partial charge in [0.25, 0.3) is 0 Å². The van der Waals surface area contributed by atoms with Crippen LogP contribution in [-0.4, -0.2) is 0 Å². The second-order valence-corrected chi connectivity index (χ2v) is 13.4. The maximum Gasteiger partial charge on any atom is 0.0113 e. The molecule has 6 aromatic rings. The molecule has 0 aliphatic heterocycles. The summed E-state index contributed by atoms with van der Waals surface area (Å²) in [5.41, 5.74) is 16.5. The molecule has 0 aromatic heterocycles. The lowest BCUT2D eigenvalue weighted by Crippen LogP contribution is -2.09. The fourth-order valence-corrected chi connectivity index (χ4v) is 7.33. The fraction of sp³-hybridized carbons (Fsp3) is 0.200. The van der Waals surface area contributed by atoms with E-state index in [1.54, 1.807) is 0 Å². The first-order chi connectivity index (χ1) is 22.0. The largest absolute Gasteiger partial charge is 0.0619 e. The van der Waals surface area contributed by atoms with Crippen LogP contribution < -0.4 is 0 Å². The van der Waals surface area contributed by atoms with E-state index in [1.165, 1.54) is 66.8 Å². The van der Waals surface area contributed by atoms with Crippen molar-refractivity contribution in [2.75, 3.05) is 0 Å². The highest BCUT2D eigenvalue weighted by Crippen LogP contribution is 2.33. The Bertz CT molecular complexity index is 1790. The van der Waals surface area contributed by atoms with Gasteiger partial charge in [-0.25, -0.2) is 0 Å². The van der Waals surface area contributed by atoms with Crippen LogP contribution in [0.4, 0.5) is 0 Å². The van der Waals surface area contributed by atoms with E-state index in [1.807, 2.05) is 0 Å². The molecule has 7 rings (SSSR count). The fourth-order valence-electron chi connectivity index (χ4n) is 7.33. The van der Waals surface area contributed by atoms with E-state index in [0.29, 0.717) is 11.8 Å². The number of benzene rings is 6. The molecule has 45 heavy (non-hydrogen) atoms. The van der Waals surface area contributed by atoms with E-state index in [9.17, 15) is 0 Å². The van der Waals surface area contributed by atoms with Crippen molar-refractivity contribution in [2.45, 2.75) is 51.9 Å². The minimum atomic E-state index is 0.354. The van der Waals surface area contributed by atoms with Gasteiger partial charge in [-0.1, -0.05) is 159 Å². The molecule has 12 bridgehead atoms. The molecule has 0 nitrogen and oxygen atoms in total. The van der Waals surface area contributed by atoms with E-state index in [-0.39, 0.29) is 0 Å². The number of hydrogen-bond acceptors (Lipinski definition) is 0. The zero-order valence-electron chi connectivity index (χ0n) is 26.5. The first kappa shape index (κ1) is 29.1. The summed E-state index contributed by atoms with van der Waals surface area (Å²) in [6, 6.07) is 55.3. The quantitative estimate of drug-likeness (QED) is 0.181. The maximum atomic E-state index is 2.45. The summed E-state index contributed by atoms with van der Waals surface area (Å²) in [7, 11) is 0.